The first-order valence-corrected chi connectivity index (χ1v) is 9.62. The summed E-state index contributed by atoms with van der Waals surface area (Å²) in [5.41, 5.74) is 2.35. The number of pyridine rings is 1. The zero-order chi connectivity index (χ0) is 19.5. The van der Waals surface area contributed by atoms with Gasteiger partial charge in [0.2, 0.25) is 0 Å². The molecule has 1 saturated heterocycles. The van der Waals surface area contributed by atoms with Gasteiger partial charge in [-0.3, -0.25) is 4.79 Å². The van der Waals surface area contributed by atoms with Crippen molar-refractivity contribution in [3.63, 3.8) is 0 Å². The molecule has 1 amide bonds. The third-order valence-electron chi connectivity index (χ3n) is 4.81. The van der Waals surface area contributed by atoms with Crippen LogP contribution in [0.2, 0.25) is 5.02 Å². The second kappa shape index (κ2) is 7.98. The van der Waals surface area contributed by atoms with Gasteiger partial charge in [-0.05, 0) is 49.6 Å². The van der Waals surface area contributed by atoms with Crippen LogP contribution in [0.4, 0.5) is 5.82 Å². The third kappa shape index (κ3) is 3.99. The first-order chi connectivity index (χ1) is 13.6. The number of aromatic nitrogens is 4. The van der Waals surface area contributed by atoms with Crippen LogP contribution in [-0.4, -0.2) is 49.9 Å². The molecular formula is C20H21ClN6O. The van der Waals surface area contributed by atoms with E-state index < -0.39 is 0 Å². The van der Waals surface area contributed by atoms with Gasteiger partial charge in [-0.1, -0.05) is 17.7 Å². The number of likely N-dealkylation sites (tertiary alicyclic amines) is 1. The van der Waals surface area contributed by atoms with E-state index in [1.807, 2.05) is 36.1 Å². The number of halogens is 1. The molecule has 1 aliphatic rings. The van der Waals surface area contributed by atoms with Crippen LogP contribution in [0.1, 0.15) is 28.8 Å². The molecule has 0 spiro atoms. The van der Waals surface area contributed by atoms with E-state index in [1.165, 1.54) is 4.80 Å². The van der Waals surface area contributed by atoms with Crippen LogP contribution in [0, 0.1) is 6.92 Å². The Kier molecular flexibility index (Phi) is 5.25. The van der Waals surface area contributed by atoms with E-state index in [1.54, 1.807) is 24.7 Å². The number of nitrogens with one attached hydrogen (secondary N) is 1. The van der Waals surface area contributed by atoms with Crippen molar-refractivity contribution >= 4 is 23.3 Å². The summed E-state index contributed by atoms with van der Waals surface area (Å²) in [6.07, 6.45) is 6.74. The van der Waals surface area contributed by atoms with Crippen molar-refractivity contribution in [2.45, 2.75) is 25.8 Å². The molecule has 1 fully saturated rings. The maximum Gasteiger partial charge on any atom is 0.256 e. The van der Waals surface area contributed by atoms with Crippen molar-refractivity contribution in [1.82, 2.24) is 24.9 Å². The Morgan fingerprint density at radius 2 is 2.04 bits per heavy atom. The summed E-state index contributed by atoms with van der Waals surface area (Å²) in [7, 11) is 0. The predicted octanol–water partition coefficient (Wildman–Crippen LogP) is 3.34. The Balaban J connectivity index is 1.53. The smallest absolute Gasteiger partial charge is 0.256 e. The molecule has 0 aliphatic carbocycles. The maximum atomic E-state index is 13.3. The van der Waals surface area contributed by atoms with Crippen LogP contribution in [0.3, 0.4) is 0 Å². The van der Waals surface area contributed by atoms with Crippen LogP contribution >= 0.6 is 11.6 Å². The summed E-state index contributed by atoms with van der Waals surface area (Å²) < 4.78 is 0. The minimum Gasteiger partial charge on any atom is -0.366 e. The van der Waals surface area contributed by atoms with Gasteiger partial charge in [0, 0.05) is 25.3 Å². The summed E-state index contributed by atoms with van der Waals surface area (Å²) >= 11 is 5.90. The molecule has 0 unspecified atom stereocenters. The van der Waals surface area contributed by atoms with Crippen molar-refractivity contribution < 1.29 is 4.79 Å². The van der Waals surface area contributed by atoms with Crippen molar-refractivity contribution in [3.8, 4) is 5.69 Å². The third-order valence-corrected chi connectivity index (χ3v) is 5.03. The predicted molar refractivity (Wildman–Crippen MR) is 108 cm³/mol. The average Bonchev–Trinajstić information content (AvgIpc) is 3.24. The molecule has 28 heavy (non-hydrogen) atoms. The fourth-order valence-electron chi connectivity index (χ4n) is 3.45. The van der Waals surface area contributed by atoms with Crippen LogP contribution in [0.25, 0.3) is 5.69 Å². The fraction of sp³-hybridized carbons (Fsp3) is 0.300. The van der Waals surface area contributed by atoms with Crippen LogP contribution in [0.15, 0.2) is 48.9 Å². The van der Waals surface area contributed by atoms with Gasteiger partial charge in [0.1, 0.15) is 5.82 Å². The minimum atomic E-state index is -0.0112. The Hall–Kier alpha value is -2.93. The normalized spacial score (nSPS) is 16.8. The summed E-state index contributed by atoms with van der Waals surface area (Å²) in [4.78, 5) is 20.9. The topological polar surface area (TPSA) is 75.9 Å². The van der Waals surface area contributed by atoms with Crippen molar-refractivity contribution in [3.05, 3.63) is 65.1 Å². The molecule has 1 aromatic carbocycles. The van der Waals surface area contributed by atoms with E-state index >= 15 is 0 Å². The largest absolute Gasteiger partial charge is 0.366 e. The highest BCUT2D eigenvalue weighted by Gasteiger charge is 2.26. The monoisotopic (exact) mass is 396 g/mol. The Bertz CT molecular complexity index is 957. The van der Waals surface area contributed by atoms with Crippen molar-refractivity contribution in [2.75, 3.05) is 18.4 Å². The van der Waals surface area contributed by atoms with Gasteiger partial charge in [-0.15, -0.1) is 0 Å². The molecule has 7 nitrogen and oxygen atoms in total. The van der Waals surface area contributed by atoms with Crippen molar-refractivity contribution in [1.29, 1.82) is 0 Å². The van der Waals surface area contributed by atoms with Crippen LogP contribution < -0.4 is 5.32 Å². The van der Waals surface area contributed by atoms with Gasteiger partial charge in [0.05, 0.1) is 28.7 Å². The van der Waals surface area contributed by atoms with E-state index in [0.29, 0.717) is 22.8 Å². The first-order valence-electron chi connectivity index (χ1n) is 9.25. The number of piperidine rings is 1. The van der Waals surface area contributed by atoms with Gasteiger partial charge in [-0.25, -0.2) is 4.98 Å². The summed E-state index contributed by atoms with van der Waals surface area (Å²) in [5, 5.41) is 12.4. The molecule has 0 bridgehead atoms. The molecule has 0 saturated carbocycles. The standard InChI is InChI=1S/C20H21ClN6O/c1-14-4-6-17(18(11-14)27-23-8-9-24-27)20(28)26-10-2-3-16(13-26)25-19-7-5-15(21)12-22-19/h4-9,11-12,16H,2-3,10,13H2,1H3,(H,22,25)/t16-/m1/s1. The summed E-state index contributed by atoms with van der Waals surface area (Å²) in [5.74, 6) is 0.753. The highest BCUT2D eigenvalue weighted by Crippen LogP contribution is 2.21. The van der Waals surface area contributed by atoms with Crippen molar-refractivity contribution in [2.24, 2.45) is 0 Å². The lowest BCUT2D eigenvalue weighted by molar-refractivity contribution is 0.0714. The van der Waals surface area contributed by atoms with E-state index in [-0.39, 0.29) is 11.9 Å². The molecule has 1 atom stereocenters. The van der Waals surface area contributed by atoms with E-state index in [4.69, 9.17) is 11.6 Å². The molecule has 2 aromatic heterocycles. The fourth-order valence-corrected chi connectivity index (χ4v) is 3.56. The number of anilines is 1. The van der Waals surface area contributed by atoms with Crippen LogP contribution in [0.5, 0.6) is 0 Å². The number of hydrogen-bond acceptors (Lipinski definition) is 5. The molecule has 4 rings (SSSR count). The Morgan fingerprint density at radius 3 is 2.79 bits per heavy atom. The summed E-state index contributed by atoms with van der Waals surface area (Å²) in [6, 6.07) is 9.53. The lowest BCUT2D eigenvalue weighted by Gasteiger charge is -2.33. The number of hydrogen-bond donors (Lipinski definition) is 1. The zero-order valence-electron chi connectivity index (χ0n) is 15.5. The Morgan fingerprint density at radius 1 is 1.21 bits per heavy atom. The number of benzene rings is 1. The quantitative estimate of drug-likeness (QED) is 0.731. The van der Waals surface area contributed by atoms with Gasteiger partial charge < -0.3 is 10.2 Å². The maximum absolute atomic E-state index is 13.3. The van der Waals surface area contributed by atoms with Gasteiger partial charge in [-0.2, -0.15) is 15.0 Å². The molecular weight excluding hydrogens is 376 g/mol. The van der Waals surface area contributed by atoms with Gasteiger partial charge in [0.25, 0.3) is 5.91 Å². The number of carbonyl (C=O) groups excluding carboxylic acids is 1. The molecule has 3 aromatic rings. The zero-order valence-corrected chi connectivity index (χ0v) is 16.3. The number of nitrogens with zero attached hydrogens (tertiary/aromatic N) is 5. The van der Waals surface area contributed by atoms with E-state index in [2.05, 4.69) is 20.5 Å². The first kappa shape index (κ1) is 18.4. The summed E-state index contributed by atoms with van der Waals surface area (Å²) in [6.45, 7) is 3.33. The van der Waals surface area contributed by atoms with Gasteiger partial charge in [0.15, 0.2) is 0 Å². The number of amides is 1. The second-order valence-electron chi connectivity index (χ2n) is 6.94. The lowest BCUT2D eigenvalue weighted by Crippen LogP contribution is -2.45. The molecule has 8 heteroatoms. The van der Waals surface area contributed by atoms with E-state index in [0.717, 1.165) is 30.8 Å². The highest BCUT2D eigenvalue weighted by atomic mass is 35.5. The molecule has 1 N–H and O–H groups in total. The number of rotatable bonds is 4. The SMILES string of the molecule is Cc1ccc(C(=O)N2CCC[C@@H](Nc3ccc(Cl)cn3)C2)c(-n2nccn2)c1. The molecule has 144 valence electrons. The van der Waals surface area contributed by atoms with Gasteiger partial charge >= 0.3 is 0 Å². The Labute approximate surface area is 168 Å². The second-order valence-corrected chi connectivity index (χ2v) is 7.37. The average molecular weight is 397 g/mol. The number of aryl methyl sites for hydroxylation is 1. The lowest BCUT2D eigenvalue weighted by atomic mass is 10.0. The number of carbonyl (C=O) groups is 1. The molecule has 3 heterocycles. The van der Waals surface area contributed by atoms with Crippen LogP contribution in [-0.2, 0) is 0 Å². The highest BCUT2D eigenvalue weighted by molar-refractivity contribution is 6.30. The molecule has 0 radical (unpaired) electrons. The van der Waals surface area contributed by atoms with E-state index in [9.17, 15) is 4.79 Å². The minimum absolute atomic E-state index is 0.0112. The molecule has 1 aliphatic heterocycles.